The average Bonchev–Trinajstić information content (AvgIpc) is 2.65. The van der Waals surface area contributed by atoms with Gasteiger partial charge in [-0.1, -0.05) is 23.7 Å². The zero-order chi connectivity index (χ0) is 13.3. The Morgan fingerprint density at radius 3 is 2.39 bits per heavy atom. The normalized spacial score (nSPS) is 17.0. The van der Waals surface area contributed by atoms with Crippen molar-refractivity contribution >= 4 is 33.0 Å². The summed E-state index contributed by atoms with van der Waals surface area (Å²) < 4.78 is 28.0. The highest BCUT2D eigenvalue weighted by Gasteiger charge is 2.31. The molecule has 0 aromatic heterocycles. The number of ether oxygens (including phenoxy) is 1. The fraction of sp³-hybridized carbons (Fsp3) is 0.0833. The van der Waals surface area contributed by atoms with E-state index in [1.54, 1.807) is 24.3 Å². The number of hydrogen-bond donors (Lipinski definition) is 0. The SMILES string of the molecule is COC(=O)C1=C(c2ccc(Cl)cc2)C=CS1(=O)=O. The maximum atomic E-state index is 11.7. The third-order valence-corrected chi connectivity index (χ3v) is 4.17. The molecule has 1 aliphatic rings. The lowest BCUT2D eigenvalue weighted by atomic mass is 10.1. The van der Waals surface area contributed by atoms with Crippen molar-refractivity contribution < 1.29 is 17.9 Å². The summed E-state index contributed by atoms with van der Waals surface area (Å²) in [6.45, 7) is 0. The van der Waals surface area contributed by atoms with Crippen molar-refractivity contribution in [2.45, 2.75) is 0 Å². The first-order valence-corrected chi connectivity index (χ1v) is 6.90. The van der Waals surface area contributed by atoms with Gasteiger partial charge in [0.2, 0.25) is 9.84 Å². The van der Waals surface area contributed by atoms with Gasteiger partial charge in [0.1, 0.15) is 0 Å². The lowest BCUT2D eigenvalue weighted by molar-refractivity contribution is -0.135. The van der Waals surface area contributed by atoms with Crippen LogP contribution in [-0.2, 0) is 19.4 Å². The van der Waals surface area contributed by atoms with Gasteiger partial charge in [-0.25, -0.2) is 13.2 Å². The highest BCUT2D eigenvalue weighted by atomic mass is 35.5. The number of hydrogen-bond acceptors (Lipinski definition) is 4. The van der Waals surface area contributed by atoms with Crippen LogP contribution in [0.25, 0.3) is 5.57 Å². The molecule has 1 aromatic carbocycles. The van der Waals surface area contributed by atoms with Gasteiger partial charge in [0.15, 0.2) is 4.91 Å². The number of sulfone groups is 1. The minimum Gasteiger partial charge on any atom is -0.465 e. The molecule has 1 aliphatic heterocycles. The van der Waals surface area contributed by atoms with E-state index in [4.69, 9.17) is 11.6 Å². The second-order valence-electron chi connectivity index (χ2n) is 3.59. The second-order valence-corrected chi connectivity index (χ2v) is 5.80. The van der Waals surface area contributed by atoms with Gasteiger partial charge in [-0.3, -0.25) is 0 Å². The number of halogens is 1. The molecular formula is C12H9ClO4S. The highest BCUT2D eigenvalue weighted by Crippen LogP contribution is 2.32. The smallest absolute Gasteiger partial charge is 0.350 e. The monoisotopic (exact) mass is 284 g/mol. The molecule has 1 heterocycles. The standard InChI is InChI=1S/C12H9ClO4S/c1-17-12(14)11-10(6-7-18(11,15)16)8-2-4-9(13)5-3-8/h2-7H,1H3. The topological polar surface area (TPSA) is 60.4 Å². The molecule has 0 aliphatic carbocycles. The summed E-state index contributed by atoms with van der Waals surface area (Å²) in [5, 5.41) is 1.52. The van der Waals surface area contributed by atoms with Crippen LogP contribution < -0.4 is 0 Å². The lowest BCUT2D eigenvalue weighted by Crippen LogP contribution is -2.12. The third kappa shape index (κ3) is 2.19. The molecule has 0 radical (unpaired) electrons. The Labute approximate surface area is 109 Å². The summed E-state index contributed by atoms with van der Waals surface area (Å²) in [5.74, 6) is -0.870. The first-order chi connectivity index (χ1) is 8.45. The molecule has 0 amide bonds. The van der Waals surface area contributed by atoms with Gasteiger partial charge >= 0.3 is 5.97 Å². The summed E-state index contributed by atoms with van der Waals surface area (Å²) in [4.78, 5) is 11.2. The molecule has 18 heavy (non-hydrogen) atoms. The molecule has 0 unspecified atom stereocenters. The quantitative estimate of drug-likeness (QED) is 0.781. The van der Waals surface area contributed by atoms with E-state index >= 15 is 0 Å². The van der Waals surface area contributed by atoms with Crippen LogP contribution in [0.1, 0.15) is 5.56 Å². The van der Waals surface area contributed by atoms with Crippen LogP contribution in [0, 0.1) is 0 Å². The van der Waals surface area contributed by atoms with E-state index in [-0.39, 0.29) is 4.91 Å². The number of benzene rings is 1. The van der Waals surface area contributed by atoms with E-state index in [1.807, 2.05) is 0 Å². The number of methoxy groups -OCH3 is 1. The van der Waals surface area contributed by atoms with Gasteiger partial charge in [0.05, 0.1) is 7.11 Å². The molecule has 0 N–H and O–H groups in total. The molecule has 94 valence electrons. The van der Waals surface area contributed by atoms with E-state index in [0.29, 0.717) is 16.2 Å². The maximum absolute atomic E-state index is 11.7. The molecule has 2 rings (SSSR count). The summed E-state index contributed by atoms with van der Waals surface area (Å²) in [6.07, 6.45) is 1.38. The van der Waals surface area contributed by atoms with Crippen LogP contribution in [0.4, 0.5) is 0 Å². The van der Waals surface area contributed by atoms with E-state index < -0.39 is 15.8 Å². The van der Waals surface area contributed by atoms with Crippen LogP contribution in [0.5, 0.6) is 0 Å². The fourth-order valence-electron chi connectivity index (χ4n) is 1.63. The Balaban J connectivity index is 2.62. The summed E-state index contributed by atoms with van der Waals surface area (Å²) >= 11 is 5.76. The van der Waals surface area contributed by atoms with Crippen molar-refractivity contribution in [3.63, 3.8) is 0 Å². The zero-order valence-electron chi connectivity index (χ0n) is 9.38. The first kappa shape index (κ1) is 12.9. The Hall–Kier alpha value is -1.59. The van der Waals surface area contributed by atoms with E-state index in [9.17, 15) is 13.2 Å². The molecule has 0 bridgehead atoms. The third-order valence-electron chi connectivity index (χ3n) is 2.47. The van der Waals surface area contributed by atoms with Gasteiger partial charge in [0.25, 0.3) is 0 Å². The molecule has 6 heteroatoms. The molecule has 0 saturated carbocycles. The van der Waals surface area contributed by atoms with Gasteiger partial charge in [-0.2, -0.15) is 0 Å². The van der Waals surface area contributed by atoms with Crippen molar-refractivity contribution in [1.82, 2.24) is 0 Å². The number of esters is 1. The van der Waals surface area contributed by atoms with Crippen molar-refractivity contribution in [2.75, 3.05) is 7.11 Å². The Kier molecular flexibility index (Phi) is 3.28. The van der Waals surface area contributed by atoms with Gasteiger partial charge < -0.3 is 4.74 Å². The minimum absolute atomic E-state index is 0.318. The minimum atomic E-state index is -3.71. The molecule has 0 spiro atoms. The summed E-state index contributed by atoms with van der Waals surface area (Å²) in [6, 6.07) is 6.53. The van der Waals surface area contributed by atoms with Crippen LogP contribution in [0.15, 0.2) is 40.7 Å². The predicted molar refractivity (Wildman–Crippen MR) is 68.4 cm³/mol. The zero-order valence-corrected chi connectivity index (χ0v) is 11.0. The molecule has 4 nitrogen and oxygen atoms in total. The van der Waals surface area contributed by atoms with Crippen LogP contribution in [0.2, 0.25) is 5.02 Å². The van der Waals surface area contributed by atoms with Crippen molar-refractivity contribution in [3.05, 3.63) is 51.2 Å². The number of carbonyl (C=O) groups excluding carboxylic acids is 1. The van der Waals surface area contributed by atoms with Crippen LogP contribution in [-0.4, -0.2) is 21.5 Å². The van der Waals surface area contributed by atoms with Crippen molar-refractivity contribution in [1.29, 1.82) is 0 Å². The van der Waals surface area contributed by atoms with Crippen molar-refractivity contribution in [3.8, 4) is 0 Å². The van der Waals surface area contributed by atoms with Gasteiger partial charge in [-0.15, -0.1) is 0 Å². The predicted octanol–water partition coefficient (Wildman–Crippen LogP) is 2.17. The Bertz CT molecular complexity index is 654. The fourth-order valence-corrected chi connectivity index (χ4v) is 3.02. The highest BCUT2D eigenvalue weighted by molar-refractivity contribution is 7.99. The summed E-state index contributed by atoms with van der Waals surface area (Å²) in [5.41, 5.74) is 0.913. The largest absolute Gasteiger partial charge is 0.465 e. The molecule has 0 saturated heterocycles. The first-order valence-electron chi connectivity index (χ1n) is 4.97. The Morgan fingerprint density at radius 1 is 1.22 bits per heavy atom. The second kappa shape index (κ2) is 4.59. The molecule has 1 aromatic rings. The van der Waals surface area contributed by atoms with E-state index in [0.717, 1.165) is 12.5 Å². The molecule has 0 fully saturated rings. The van der Waals surface area contributed by atoms with E-state index in [1.165, 1.54) is 6.08 Å². The molecule has 0 atom stereocenters. The van der Waals surface area contributed by atoms with Crippen molar-refractivity contribution in [2.24, 2.45) is 0 Å². The number of carbonyl (C=O) groups is 1. The van der Waals surface area contributed by atoms with Gasteiger partial charge in [-0.05, 0) is 23.8 Å². The maximum Gasteiger partial charge on any atom is 0.350 e. The number of allylic oxidation sites excluding steroid dienone is 2. The van der Waals surface area contributed by atoms with Crippen LogP contribution in [0.3, 0.4) is 0 Å². The van der Waals surface area contributed by atoms with E-state index in [2.05, 4.69) is 4.74 Å². The molecular weight excluding hydrogens is 276 g/mol. The van der Waals surface area contributed by atoms with Crippen LogP contribution >= 0.6 is 11.6 Å². The Morgan fingerprint density at radius 2 is 1.83 bits per heavy atom. The summed E-state index contributed by atoms with van der Waals surface area (Å²) in [7, 11) is -2.57. The van der Waals surface area contributed by atoms with Gasteiger partial charge in [0, 0.05) is 16.0 Å². The number of rotatable bonds is 2. The average molecular weight is 285 g/mol. The lowest BCUT2D eigenvalue weighted by Gasteiger charge is -2.05.